The first-order valence-electron chi connectivity index (χ1n) is 6.56. The molecule has 0 saturated heterocycles. The number of carbonyl (C=O) groups is 2. The Hall–Kier alpha value is -2.03. The third-order valence-electron chi connectivity index (χ3n) is 2.60. The highest BCUT2D eigenvalue weighted by atomic mass is 16.5. The van der Waals surface area contributed by atoms with E-state index in [-0.39, 0.29) is 26.2 Å². The summed E-state index contributed by atoms with van der Waals surface area (Å²) in [5.74, 6) is -1.73. The summed E-state index contributed by atoms with van der Waals surface area (Å²) in [5.41, 5.74) is 0.505. The van der Waals surface area contributed by atoms with Crippen molar-refractivity contribution in [3.05, 3.63) is 24.5 Å². The van der Waals surface area contributed by atoms with E-state index in [1.54, 1.807) is 18.3 Å². The lowest BCUT2D eigenvalue weighted by Gasteiger charge is -2.16. The number of anilines is 1. The third-order valence-corrected chi connectivity index (χ3v) is 2.60. The highest BCUT2D eigenvalue weighted by Gasteiger charge is 2.18. The SMILES string of the molecule is O=C(C[C@H]([NH2+]CCOCCO)C(=O)[O-])Nc1cccnc1. The molecule has 0 aliphatic rings. The fraction of sp³-hybridized carbons (Fsp3) is 0.462. The molecule has 0 fully saturated rings. The summed E-state index contributed by atoms with van der Waals surface area (Å²) in [4.78, 5) is 26.6. The van der Waals surface area contributed by atoms with Crippen LogP contribution in [0.2, 0.25) is 0 Å². The molecule has 0 aliphatic carbocycles. The van der Waals surface area contributed by atoms with Crippen LogP contribution in [0.4, 0.5) is 5.69 Å². The van der Waals surface area contributed by atoms with Crippen LogP contribution in [0, 0.1) is 0 Å². The van der Waals surface area contributed by atoms with Gasteiger partial charge in [-0.05, 0) is 12.1 Å². The van der Waals surface area contributed by atoms with Gasteiger partial charge >= 0.3 is 0 Å². The summed E-state index contributed by atoms with van der Waals surface area (Å²) < 4.78 is 5.01. The zero-order valence-corrected chi connectivity index (χ0v) is 11.5. The minimum Gasteiger partial charge on any atom is -0.544 e. The average Bonchev–Trinajstić information content (AvgIpc) is 2.46. The fourth-order valence-electron chi connectivity index (χ4n) is 1.63. The number of nitrogens with one attached hydrogen (secondary N) is 1. The molecule has 1 aromatic rings. The van der Waals surface area contributed by atoms with E-state index in [1.807, 2.05) is 0 Å². The Morgan fingerprint density at radius 1 is 1.48 bits per heavy atom. The molecule has 0 aliphatic heterocycles. The van der Waals surface area contributed by atoms with Crippen molar-refractivity contribution in [2.75, 3.05) is 31.7 Å². The van der Waals surface area contributed by atoms with Gasteiger partial charge in [0.2, 0.25) is 5.91 Å². The van der Waals surface area contributed by atoms with Gasteiger partial charge in [-0.2, -0.15) is 0 Å². The molecule has 1 rings (SSSR count). The second kappa shape index (κ2) is 9.81. The van der Waals surface area contributed by atoms with Gasteiger partial charge in [-0.1, -0.05) is 0 Å². The van der Waals surface area contributed by atoms with Gasteiger partial charge in [-0.25, -0.2) is 0 Å². The Labute approximate surface area is 122 Å². The van der Waals surface area contributed by atoms with Crippen LogP contribution in [-0.2, 0) is 14.3 Å². The third kappa shape index (κ3) is 7.35. The molecule has 1 atom stereocenters. The van der Waals surface area contributed by atoms with Crippen LogP contribution in [0.15, 0.2) is 24.5 Å². The van der Waals surface area contributed by atoms with Gasteiger partial charge in [0.1, 0.15) is 6.04 Å². The van der Waals surface area contributed by atoms with Crippen LogP contribution in [0.1, 0.15) is 6.42 Å². The van der Waals surface area contributed by atoms with Crippen molar-refractivity contribution < 1.29 is 29.9 Å². The quantitative estimate of drug-likeness (QED) is 0.397. The largest absolute Gasteiger partial charge is 0.544 e. The van der Waals surface area contributed by atoms with Crippen LogP contribution < -0.4 is 15.7 Å². The molecule has 1 amide bonds. The van der Waals surface area contributed by atoms with Crippen molar-refractivity contribution in [3.8, 4) is 0 Å². The number of aliphatic hydroxyl groups excluding tert-OH is 1. The Balaban J connectivity index is 2.36. The maximum atomic E-state index is 11.7. The number of hydrogen-bond donors (Lipinski definition) is 3. The predicted octanol–water partition coefficient (Wildman–Crippen LogP) is -2.90. The van der Waals surface area contributed by atoms with E-state index >= 15 is 0 Å². The van der Waals surface area contributed by atoms with Crippen molar-refractivity contribution in [1.82, 2.24) is 4.98 Å². The van der Waals surface area contributed by atoms with Crippen LogP contribution in [0.5, 0.6) is 0 Å². The van der Waals surface area contributed by atoms with E-state index in [2.05, 4.69) is 10.3 Å². The summed E-state index contributed by atoms with van der Waals surface area (Å²) in [5, 5.41) is 23.5. The first kappa shape index (κ1) is 17.0. The van der Waals surface area contributed by atoms with E-state index < -0.39 is 17.9 Å². The van der Waals surface area contributed by atoms with Crippen molar-refractivity contribution in [1.29, 1.82) is 0 Å². The number of carbonyl (C=O) groups excluding carboxylic acids is 2. The Bertz CT molecular complexity index is 441. The second-order valence-corrected chi connectivity index (χ2v) is 4.28. The number of ether oxygens (including phenoxy) is 1. The number of aliphatic carboxylic acids is 1. The molecule has 116 valence electrons. The number of quaternary nitrogens is 1. The van der Waals surface area contributed by atoms with Crippen LogP contribution in [0.3, 0.4) is 0 Å². The summed E-state index contributed by atoms with van der Waals surface area (Å²) in [6, 6.07) is 2.33. The molecule has 0 saturated carbocycles. The summed E-state index contributed by atoms with van der Waals surface area (Å²) in [6.45, 7) is 0.760. The number of nitrogens with zero attached hydrogens (tertiary/aromatic N) is 1. The molecule has 8 heteroatoms. The van der Waals surface area contributed by atoms with Crippen LogP contribution in [0.25, 0.3) is 0 Å². The number of rotatable bonds is 10. The molecule has 21 heavy (non-hydrogen) atoms. The molecular weight excluding hydrogens is 278 g/mol. The van der Waals surface area contributed by atoms with E-state index in [0.717, 1.165) is 0 Å². The van der Waals surface area contributed by atoms with Crippen molar-refractivity contribution in [2.24, 2.45) is 0 Å². The number of carboxylic acid groups (broad SMARTS) is 1. The molecule has 0 bridgehead atoms. The molecule has 0 unspecified atom stereocenters. The van der Waals surface area contributed by atoms with Crippen LogP contribution >= 0.6 is 0 Å². The first-order chi connectivity index (χ1) is 10.1. The summed E-state index contributed by atoms with van der Waals surface area (Å²) >= 11 is 0. The predicted molar refractivity (Wildman–Crippen MR) is 71.0 cm³/mol. The number of aromatic nitrogens is 1. The molecule has 8 nitrogen and oxygen atoms in total. The van der Waals surface area contributed by atoms with Crippen molar-refractivity contribution in [2.45, 2.75) is 12.5 Å². The van der Waals surface area contributed by atoms with Gasteiger partial charge in [0, 0.05) is 6.20 Å². The van der Waals surface area contributed by atoms with E-state index in [9.17, 15) is 14.7 Å². The highest BCUT2D eigenvalue weighted by Crippen LogP contribution is 2.03. The highest BCUT2D eigenvalue weighted by molar-refractivity contribution is 5.93. The number of amides is 1. The maximum absolute atomic E-state index is 11.7. The fourth-order valence-corrected chi connectivity index (χ4v) is 1.63. The van der Waals surface area contributed by atoms with Crippen molar-refractivity contribution >= 4 is 17.6 Å². The van der Waals surface area contributed by atoms with Crippen LogP contribution in [-0.4, -0.2) is 54.4 Å². The molecular formula is C13H19N3O5. The zero-order valence-electron chi connectivity index (χ0n) is 11.5. The molecule has 1 heterocycles. The summed E-state index contributed by atoms with van der Waals surface area (Å²) in [7, 11) is 0. The van der Waals surface area contributed by atoms with Gasteiger partial charge < -0.3 is 30.4 Å². The minimum absolute atomic E-state index is 0.0859. The standard InChI is InChI=1S/C13H19N3O5/c17-5-7-21-6-4-15-11(13(19)20)8-12(18)16-10-2-1-3-14-9-10/h1-3,9,11,15,17H,4-8H2,(H,16,18)(H,19,20)/t11-/m0/s1. The van der Waals surface area contributed by atoms with Gasteiger partial charge in [-0.15, -0.1) is 0 Å². The normalized spacial score (nSPS) is 11.9. The number of nitrogens with two attached hydrogens (primary N) is 1. The number of hydrogen-bond acceptors (Lipinski definition) is 6. The van der Waals surface area contributed by atoms with E-state index in [4.69, 9.17) is 9.84 Å². The zero-order chi connectivity index (χ0) is 15.5. The van der Waals surface area contributed by atoms with Gasteiger partial charge in [0.25, 0.3) is 0 Å². The smallest absolute Gasteiger partial charge is 0.230 e. The van der Waals surface area contributed by atoms with Crippen molar-refractivity contribution in [3.63, 3.8) is 0 Å². The second-order valence-electron chi connectivity index (χ2n) is 4.28. The molecule has 1 aromatic heterocycles. The van der Waals surface area contributed by atoms with Gasteiger partial charge in [0.15, 0.2) is 0 Å². The molecule has 0 spiro atoms. The Kier molecular flexibility index (Phi) is 7.95. The molecule has 4 N–H and O–H groups in total. The van der Waals surface area contributed by atoms with E-state index in [0.29, 0.717) is 12.2 Å². The maximum Gasteiger partial charge on any atom is 0.230 e. The Morgan fingerprint density at radius 2 is 2.29 bits per heavy atom. The van der Waals surface area contributed by atoms with Gasteiger partial charge in [-0.3, -0.25) is 9.78 Å². The average molecular weight is 297 g/mol. The Morgan fingerprint density at radius 3 is 2.90 bits per heavy atom. The first-order valence-corrected chi connectivity index (χ1v) is 6.56. The number of carboxylic acids is 1. The lowest BCUT2D eigenvalue weighted by molar-refractivity contribution is -0.683. The minimum atomic E-state index is -1.31. The molecule has 0 aromatic carbocycles. The topological polar surface area (TPSA) is 128 Å². The number of aliphatic hydroxyl groups is 1. The monoisotopic (exact) mass is 297 g/mol. The number of pyridine rings is 1. The van der Waals surface area contributed by atoms with Gasteiger partial charge in [0.05, 0.1) is 50.6 Å². The molecule has 0 radical (unpaired) electrons. The van der Waals surface area contributed by atoms with E-state index in [1.165, 1.54) is 11.5 Å². The lowest BCUT2D eigenvalue weighted by atomic mass is 10.2. The summed E-state index contributed by atoms with van der Waals surface area (Å²) in [6.07, 6.45) is 2.83. The lowest BCUT2D eigenvalue weighted by Crippen LogP contribution is -2.94.